The van der Waals surface area contributed by atoms with Gasteiger partial charge < -0.3 is 10.5 Å². The highest BCUT2D eigenvalue weighted by Crippen LogP contribution is 2.18. The van der Waals surface area contributed by atoms with Crippen molar-refractivity contribution in [3.63, 3.8) is 0 Å². The smallest absolute Gasteiger partial charge is 0.361 e. The van der Waals surface area contributed by atoms with E-state index in [1.54, 1.807) is 19.2 Å². The molecule has 2 heterocycles. The van der Waals surface area contributed by atoms with E-state index in [4.69, 9.17) is 10.5 Å². The summed E-state index contributed by atoms with van der Waals surface area (Å²) in [5.74, 6) is 0.0514. The second kappa shape index (κ2) is 5.40. The van der Waals surface area contributed by atoms with Gasteiger partial charge in [-0.1, -0.05) is 0 Å². The minimum Gasteiger partial charge on any atom is -0.461 e. The molecule has 0 spiro atoms. The van der Waals surface area contributed by atoms with Gasteiger partial charge in [0.2, 0.25) is 0 Å². The average Bonchev–Trinajstić information content (AvgIpc) is 2.75. The standard InChI is InChI=1S/C12H13BrN4O2/c1-3-19-12(18)11-9(14)6-17(16-11)10-5-4-8(13)7(2)15-10/h4-6H,3,14H2,1-2H3. The van der Waals surface area contributed by atoms with Gasteiger partial charge >= 0.3 is 5.97 Å². The third kappa shape index (κ3) is 2.76. The molecule has 0 saturated carbocycles. The molecule has 0 aliphatic rings. The Morgan fingerprint density at radius 3 is 2.89 bits per heavy atom. The van der Waals surface area contributed by atoms with Gasteiger partial charge in [-0.3, -0.25) is 0 Å². The third-order valence-corrected chi connectivity index (χ3v) is 3.29. The Kier molecular flexibility index (Phi) is 3.84. The summed E-state index contributed by atoms with van der Waals surface area (Å²) in [4.78, 5) is 16.0. The fourth-order valence-corrected chi connectivity index (χ4v) is 1.74. The lowest BCUT2D eigenvalue weighted by atomic mass is 10.4. The lowest BCUT2D eigenvalue weighted by molar-refractivity contribution is 0.0520. The maximum absolute atomic E-state index is 11.6. The molecular weight excluding hydrogens is 312 g/mol. The van der Waals surface area contributed by atoms with Crippen LogP contribution < -0.4 is 5.73 Å². The van der Waals surface area contributed by atoms with Crippen LogP contribution in [-0.2, 0) is 4.74 Å². The molecule has 0 amide bonds. The number of aryl methyl sites for hydroxylation is 1. The normalized spacial score (nSPS) is 10.5. The Morgan fingerprint density at radius 2 is 2.26 bits per heavy atom. The first-order valence-corrected chi connectivity index (χ1v) is 6.48. The molecule has 0 fully saturated rings. The van der Waals surface area contributed by atoms with Crippen molar-refractivity contribution in [2.24, 2.45) is 0 Å². The van der Waals surface area contributed by atoms with Crippen LogP contribution >= 0.6 is 15.9 Å². The summed E-state index contributed by atoms with van der Waals surface area (Å²) < 4.78 is 7.24. The number of carbonyl (C=O) groups is 1. The SMILES string of the molecule is CCOC(=O)c1nn(-c2ccc(Br)c(C)n2)cc1N. The highest BCUT2D eigenvalue weighted by molar-refractivity contribution is 9.10. The van der Waals surface area contributed by atoms with E-state index in [1.807, 2.05) is 13.0 Å². The van der Waals surface area contributed by atoms with E-state index in [2.05, 4.69) is 26.0 Å². The van der Waals surface area contributed by atoms with Crippen molar-refractivity contribution in [3.8, 4) is 5.82 Å². The second-order valence-corrected chi connectivity index (χ2v) is 4.69. The van der Waals surface area contributed by atoms with Crippen molar-refractivity contribution in [1.82, 2.24) is 14.8 Å². The summed E-state index contributed by atoms with van der Waals surface area (Å²) in [6.45, 7) is 3.87. The Balaban J connectivity index is 2.38. The maximum Gasteiger partial charge on any atom is 0.361 e. The number of rotatable bonds is 3. The summed E-state index contributed by atoms with van der Waals surface area (Å²) >= 11 is 3.37. The third-order valence-electron chi connectivity index (χ3n) is 2.45. The molecule has 2 aromatic heterocycles. The van der Waals surface area contributed by atoms with Gasteiger partial charge in [0, 0.05) is 4.47 Å². The largest absolute Gasteiger partial charge is 0.461 e. The topological polar surface area (TPSA) is 83.0 Å². The molecule has 0 bridgehead atoms. The lowest BCUT2D eigenvalue weighted by Crippen LogP contribution is -2.08. The lowest BCUT2D eigenvalue weighted by Gasteiger charge is -2.02. The molecule has 6 nitrogen and oxygen atoms in total. The quantitative estimate of drug-likeness (QED) is 0.874. The second-order valence-electron chi connectivity index (χ2n) is 3.83. The van der Waals surface area contributed by atoms with Crippen LogP contribution in [0.25, 0.3) is 5.82 Å². The van der Waals surface area contributed by atoms with Gasteiger partial charge in [0.25, 0.3) is 0 Å². The highest BCUT2D eigenvalue weighted by Gasteiger charge is 2.17. The van der Waals surface area contributed by atoms with Gasteiger partial charge in [0.15, 0.2) is 11.5 Å². The van der Waals surface area contributed by atoms with E-state index in [0.29, 0.717) is 5.82 Å². The summed E-state index contributed by atoms with van der Waals surface area (Å²) in [5, 5.41) is 4.11. The maximum atomic E-state index is 11.6. The molecule has 0 aromatic carbocycles. The first-order valence-electron chi connectivity index (χ1n) is 5.68. The molecule has 2 rings (SSSR count). The highest BCUT2D eigenvalue weighted by atomic mass is 79.9. The fourth-order valence-electron chi connectivity index (χ4n) is 1.52. The minimum absolute atomic E-state index is 0.101. The van der Waals surface area contributed by atoms with Crippen molar-refractivity contribution in [3.05, 3.63) is 34.2 Å². The van der Waals surface area contributed by atoms with Gasteiger partial charge in [-0.15, -0.1) is 0 Å². The molecule has 0 aliphatic carbocycles. The zero-order valence-electron chi connectivity index (χ0n) is 10.6. The van der Waals surface area contributed by atoms with Crippen LogP contribution in [0.4, 0.5) is 5.69 Å². The van der Waals surface area contributed by atoms with Crippen LogP contribution in [0.1, 0.15) is 23.1 Å². The molecular formula is C12H13BrN4O2. The Morgan fingerprint density at radius 1 is 1.53 bits per heavy atom. The van der Waals surface area contributed by atoms with Gasteiger partial charge in [-0.25, -0.2) is 14.5 Å². The molecule has 0 unspecified atom stereocenters. The predicted octanol–water partition coefficient (Wildman–Crippen LogP) is 2.10. The van der Waals surface area contributed by atoms with Crippen molar-refractivity contribution in [2.75, 3.05) is 12.3 Å². The van der Waals surface area contributed by atoms with Crippen LogP contribution in [0.2, 0.25) is 0 Å². The molecule has 0 radical (unpaired) electrons. The summed E-state index contributed by atoms with van der Waals surface area (Å²) in [6.07, 6.45) is 1.54. The van der Waals surface area contributed by atoms with Crippen LogP contribution in [0.5, 0.6) is 0 Å². The number of anilines is 1. The Hall–Kier alpha value is -1.89. The van der Waals surface area contributed by atoms with Gasteiger partial charge in [0.1, 0.15) is 0 Å². The molecule has 2 N–H and O–H groups in total. The van der Waals surface area contributed by atoms with E-state index < -0.39 is 5.97 Å². The number of pyridine rings is 1. The molecule has 19 heavy (non-hydrogen) atoms. The molecule has 0 saturated heterocycles. The Bertz CT molecular complexity index is 624. The number of hydrogen-bond acceptors (Lipinski definition) is 5. The zero-order valence-corrected chi connectivity index (χ0v) is 12.1. The number of esters is 1. The zero-order chi connectivity index (χ0) is 14.0. The minimum atomic E-state index is -0.535. The fraction of sp³-hybridized carbons (Fsp3) is 0.250. The number of ether oxygens (including phenoxy) is 1. The van der Waals surface area contributed by atoms with Crippen molar-refractivity contribution >= 4 is 27.6 Å². The number of halogens is 1. The van der Waals surface area contributed by atoms with Crippen molar-refractivity contribution in [1.29, 1.82) is 0 Å². The van der Waals surface area contributed by atoms with E-state index in [9.17, 15) is 4.79 Å². The van der Waals surface area contributed by atoms with Crippen LogP contribution in [0, 0.1) is 6.92 Å². The first-order chi connectivity index (χ1) is 9.02. The molecule has 0 atom stereocenters. The summed E-state index contributed by atoms with van der Waals surface area (Å²) in [7, 11) is 0. The molecule has 100 valence electrons. The first kappa shape index (κ1) is 13.5. The average molecular weight is 325 g/mol. The van der Waals surface area contributed by atoms with Crippen LogP contribution in [0.15, 0.2) is 22.8 Å². The van der Waals surface area contributed by atoms with Crippen LogP contribution in [-0.4, -0.2) is 27.3 Å². The number of nitrogen functional groups attached to an aromatic ring is 1. The number of hydrogen-bond donors (Lipinski definition) is 1. The number of aromatic nitrogens is 3. The Labute approximate surface area is 118 Å². The van der Waals surface area contributed by atoms with E-state index in [0.717, 1.165) is 10.2 Å². The number of nitrogens with two attached hydrogens (primary N) is 1. The number of carbonyl (C=O) groups excluding carboxylic acids is 1. The van der Waals surface area contributed by atoms with Gasteiger partial charge in [-0.05, 0) is 41.9 Å². The van der Waals surface area contributed by atoms with E-state index >= 15 is 0 Å². The summed E-state index contributed by atoms with van der Waals surface area (Å²) in [5.41, 5.74) is 6.95. The van der Waals surface area contributed by atoms with Crippen molar-refractivity contribution in [2.45, 2.75) is 13.8 Å². The van der Waals surface area contributed by atoms with Crippen molar-refractivity contribution < 1.29 is 9.53 Å². The predicted molar refractivity (Wildman–Crippen MR) is 74.2 cm³/mol. The number of nitrogens with zero attached hydrogens (tertiary/aromatic N) is 3. The van der Waals surface area contributed by atoms with Crippen LogP contribution in [0.3, 0.4) is 0 Å². The van der Waals surface area contributed by atoms with E-state index in [-0.39, 0.29) is 18.0 Å². The molecule has 2 aromatic rings. The van der Waals surface area contributed by atoms with Gasteiger partial charge in [-0.2, -0.15) is 5.10 Å². The molecule has 7 heteroatoms. The van der Waals surface area contributed by atoms with Gasteiger partial charge in [0.05, 0.1) is 24.2 Å². The monoisotopic (exact) mass is 324 g/mol. The van der Waals surface area contributed by atoms with E-state index in [1.165, 1.54) is 4.68 Å². The molecule has 0 aliphatic heterocycles. The summed E-state index contributed by atoms with van der Waals surface area (Å²) in [6, 6.07) is 3.64.